The number of nitrogens with one attached hydrogen (secondary N) is 1. The molecule has 3 nitrogen and oxygen atoms in total. The first-order valence-electron chi connectivity index (χ1n) is 6.88. The third-order valence-electron chi connectivity index (χ3n) is 3.41. The molecule has 1 aliphatic carbocycles. The van der Waals surface area contributed by atoms with Crippen molar-refractivity contribution in [3.05, 3.63) is 28.8 Å². The van der Waals surface area contributed by atoms with E-state index in [4.69, 9.17) is 16.7 Å². The molecule has 0 spiro atoms. The summed E-state index contributed by atoms with van der Waals surface area (Å²) in [6, 6.07) is 5.29. The molecule has 0 heterocycles. The summed E-state index contributed by atoms with van der Waals surface area (Å²) in [5, 5.41) is 12.1. The van der Waals surface area contributed by atoms with Crippen LogP contribution in [-0.2, 0) is 4.79 Å². The smallest absolute Gasteiger partial charge is 0.224 e. The molecular formula is C16H18ClNO2. The first-order chi connectivity index (χ1) is 9.69. The lowest BCUT2D eigenvalue weighted by molar-refractivity contribution is -0.117. The van der Waals surface area contributed by atoms with Gasteiger partial charge in [0, 0.05) is 18.4 Å². The highest BCUT2D eigenvalue weighted by Crippen LogP contribution is 2.30. The quantitative estimate of drug-likeness (QED) is 0.837. The van der Waals surface area contributed by atoms with Crippen molar-refractivity contribution in [2.45, 2.75) is 32.1 Å². The monoisotopic (exact) mass is 291 g/mol. The van der Waals surface area contributed by atoms with Crippen molar-refractivity contribution in [3.8, 4) is 11.8 Å². The fourth-order valence-electron chi connectivity index (χ4n) is 2.08. The van der Waals surface area contributed by atoms with Gasteiger partial charge in [0.1, 0.15) is 0 Å². The molecule has 1 amide bonds. The predicted molar refractivity (Wildman–Crippen MR) is 80.6 cm³/mol. The molecule has 20 heavy (non-hydrogen) atoms. The van der Waals surface area contributed by atoms with E-state index >= 15 is 0 Å². The van der Waals surface area contributed by atoms with Gasteiger partial charge in [-0.2, -0.15) is 0 Å². The minimum Gasteiger partial charge on any atom is -0.395 e. The zero-order valence-corrected chi connectivity index (χ0v) is 12.0. The lowest BCUT2D eigenvalue weighted by Gasteiger charge is -2.24. The summed E-state index contributed by atoms with van der Waals surface area (Å²) < 4.78 is 0. The minimum atomic E-state index is 0.0112. The number of halogens is 1. The number of aliphatic hydroxyl groups is 1. The number of aliphatic hydroxyl groups excluding tert-OH is 1. The number of hydrogen-bond acceptors (Lipinski definition) is 2. The molecule has 1 aliphatic rings. The molecule has 2 N–H and O–H groups in total. The Bertz CT molecular complexity index is 541. The van der Waals surface area contributed by atoms with Crippen LogP contribution < -0.4 is 5.32 Å². The number of benzene rings is 1. The van der Waals surface area contributed by atoms with Crippen molar-refractivity contribution >= 4 is 23.2 Å². The van der Waals surface area contributed by atoms with Crippen molar-refractivity contribution < 1.29 is 9.90 Å². The molecule has 0 aromatic heterocycles. The van der Waals surface area contributed by atoms with Crippen molar-refractivity contribution in [2.24, 2.45) is 5.92 Å². The summed E-state index contributed by atoms with van der Waals surface area (Å²) in [6.07, 6.45) is 4.53. The van der Waals surface area contributed by atoms with E-state index in [1.807, 2.05) is 0 Å². The number of carbonyl (C=O) groups excluding carboxylic acids is 1. The lowest BCUT2D eigenvalue weighted by Crippen LogP contribution is -2.21. The Morgan fingerprint density at radius 2 is 2.25 bits per heavy atom. The van der Waals surface area contributed by atoms with Gasteiger partial charge in [0.05, 0.1) is 17.3 Å². The Labute approximate surface area is 124 Å². The van der Waals surface area contributed by atoms with Crippen molar-refractivity contribution in [1.29, 1.82) is 0 Å². The molecule has 0 unspecified atom stereocenters. The molecular weight excluding hydrogens is 274 g/mol. The fourth-order valence-corrected chi connectivity index (χ4v) is 2.24. The van der Waals surface area contributed by atoms with Crippen LogP contribution in [-0.4, -0.2) is 17.6 Å². The minimum absolute atomic E-state index is 0.0112. The second-order valence-electron chi connectivity index (χ2n) is 5.02. The van der Waals surface area contributed by atoms with Crippen LogP contribution in [0.15, 0.2) is 18.2 Å². The number of hydrogen-bond donors (Lipinski definition) is 2. The summed E-state index contributed by atoms with van der Waals surface area (Å²) >= 11 is 6.08. The first kappa shape index (κ1) is 14.9. The third kappa shape index (κ3) is 4.26. The second-order valence-corrected chi connectivity index (χ2v) is 5.43. The number of amides is 1. The van der Waals surface area contributed by atoms with E-state index in [-0.39, 0.29) is 12.5 Å². The highest BCUT2D eigenvalue weighted by Gasteiger charge is 2.20. The highest BCUT2D eigenvalue weighted by atomic mass is 35.5. The molecule has 0 bridgehead atoms. The second kappa shape index (κ2) is 7.33. The SMILES string of the molecule is O=C(CC1CCC1)Nc1cc(C#CCCO)ccc1Cl. The van der Waals surface area contributed by atoms with Crippen LogP contribution in [0.3, 0.4) is 0 Å². The first-order valence-corrected chi connectivity index (χ1v) is 7.26. The van der Waals surface area contributed by atoms with Gasteiger partial charge in [-0.25, -0.2) is 0 Å². The molecule has 1 saturated carbocycles. The van der Waals surface area contributed by atoms with Crippen molar-refractivity contribution in [1.82, 2.24) is 0 Å². The van der Waals surface area contributed by atoms with Crippen LogP contribution in [0.2, 0.25) is 5.02 Å². The van der Waals surface area contributed by atoms with E-state index in [0.29, 0.717) is 29.5 Å². The van der Waals surface area contributed by atoms with Gasteiger partial charge in [-0.3, -0.25) is 4.79 Å². The number of anilines is 1. The topological polar surface area (TPSA) is 49.3 Å². The van der Waals surface area contributed by atoms with Crippen LogP contribution in [0, 0.1) is 17.8 Å². The van der Waals surface area contributed by atoms with Crippen molar-refractivity contribution in [2.75, 3.05) is 11.9 Å². The Balaban J connectivity index is 2.00. The van der Waals surface area contributed by atoms with Crippen LogP contribution in [0.25, 0.3) is 0 Å². The maximum absolute atomic E-state index is 11.9. The van der Waals surface area contributed by atoms with Gasteiger partial charge in [0.25, 0.3) is 0 Å². The molecule has 0 radical (unpaired) electrons. The molecule has 4 heteroatoms. The van der Waals surface area contributed by atoms with E-state index in [1.54, 1.807) is 18.2 Å². The van der Waals surface area contributed by atoms with Crippen molar-refractivity contribution in [3.63, 3.8) is 0 Å². The van der Waals surface area contributed by atoms with E-state index < -0.39 is 0 Å². The summed E-state index contributed by atoms with van der Waals surface area (Å²) in [6.45, 7) is 0.0472. The molecule has 0 aliphatic heterocycles. The Kier molecular flexibility index (Phi) is 5.46. The van der Waals surface area contributed by atoms with Gasteiger partial charge in [-0.15, -0.1) is 0 Å². The average molecular weight is 292 g/mol. The highest BCUT2D eigenvalue weighted by molar-refractivity contribution is 6.33. The maximum atomic E-state index is 11.9. The van der Waals surface area contributed by atoms with Crippen LogP contribution in [0.4, 0.5) is 5.69 Å². The van der Waals surface area contributed by atoms with Gasteiger partial charge in [0.15, 0.2) is 0 Å². The van der Waals surface area contributed by atoms with E-state index in [2.05, 4.69) is 17.2 Å². The normalized spacial score (nSPS) is 14.1. The molecule has 0 saturated heterocycles. The van der Waals surface area contributed by atoms with Gasteiger partial charge >= 0.3 is 0 Å². The standard InChI is InChI=1S/C16H18ClNO2/c17-14-8-7-13(4-1-2-9-19)10-15(14)18-16(20)11-12-5-3-6-12/h7-8,10,12,19H,2-3,5-6,9,11H2,(H,18,20). The Morgan fingerprint density at radius 3 is 2.90 bits per heavy atom. The largest absolute Gasteiger partial charge is 0.395 e. The van der Waals surface area contributed by atoms with Gasteiger partial charge in [-0.1, -0.05) is 29.9 Å². The van der Waals surface area contributed by atoms with Gasteiger partial charge in [0.2, 0.25) is 5.91 Å². The summed E-state index contributed by atoms with van der Waals surface area (Å²) in [5.41, 5.74) is 1.38. The third-order valence-corrected chi connectivity index (χ3v) is 3.74. The van der Waals surface area contributed by atoms with E-state index in [9.17, 15) is 4.79 Å². The average Bonchev–Trinajstić information content (AvgIpc) is 2.38. The Hall–Kier alpha value is -1.50. The van der Waals surface area contributed by atoms with Crippen LogP contribution in [0.5, 0.6) is 0 Å². The predicted octanol–water partition coefficient (Wildman–Crippen LogP) is 3.20. The Morgan fingerprint density at radius 1 is 1.45 bits per heavy atom. The zero-order valence-electron chi connectivity index (χ0n) is 11.3. The summed E-state index contributed by atoms with van der Waals surface area (Å²) in [5.74, 6) is 6.32. The molecule has 0 atom stereocenters. The molecule has 2 rings (SSSR count). The molecule has 106 valence electrons. The van der Waals surface area contributed by atoms with E-state index in [0.717, 1.165) is 18.4 Å². The van der Waals surface area contributed by atoms with Crippen LogP contribution >= 0.6 is 11.6 Å². The summed E-state index contributed by atoms with van der Waals surface area (Å²) in [7, 11) is 0. The van der Waals surface area contributed by atoms with Gasteiger partial charge < -0.3 is 10.4 Å². The number of rotatable bonds is 4. The number of carbonyl (C=O) groups is 1. The maximum Gasteiger partial charge on any atom is 0.224 e. The fraction of sp³-hybridized carbons (Fsp3) is 0.438. The van der Waals surface area contributed by atoms with Gasteiger partial charge in [-0.05, 0) is 37.0 Å². The molecule has 1 fully saturated rings. The van der Waals surface area contributed by atoms with E-state index in [1.165, 1.54) is 6.42 Å². The molecule has 1 aromatic carbocycles. The van der Waals surface area contributed by atoms with Crippen LogP contribution in [0.1, 0.15) is 37.7 Å². The zero-order chi connectivity index (χ0) is 14.4. The lowest BCUT2D eigenvalue weighted by atomic mass is 9.83. The summed E-state index contributed by atoms with van der Waals surface area (Å²) in [4.78, 5) is 11.9. The molecule has 1 aromatic rings.